The molecule has 0 saturated heterocycles. The molecule has 1 fully saturated rings. The maximum Gasteiger partial charge on any atom is 0.225 e. The lowest BCUT2D eigenvalue weighted by Crippen LogP contribution is -2.08. The Morgan fingerprint density at radius 2 is 1.72 bits per heavy atom. The van der Waals surface area contributed by atoms with Crippen molar-refractivity contribution in [2.75, 3.05) is 10.6 Å². The Morgan fingerprint density at radius 3 is 2.48 bits per heavy atom. The lowest BCUT2D eigenvalue weighted by Gasteiger charge is -2.13. The zero-order valence-electron chi connectivity index (χ0n) is 14.6. The van der Waals surface area contributed by atoms with Gasteiger partial charge >= 0.3 is 0 Å². The number of hydrogen-bond acceptors (Lipinski definition) is 4. The Labute approximate surface area is 148 Å². The van der Waals surface area contributed by atoms with Gasteiger partial charge in [0.2, 0.25) is 5.95 Å². The van der Waals surface area contributed by atoms with E-state index in [2.05, 4.69) is 59.8 Å². The summed E-state index contributed by atoms with van der Waals surface area (Å²) in [5.41, 5.74) is 5.59. The molecule has 25 heavy (non-hydrogen) atoms. The van der Waals surface area contributed by atoms with E-state index in [1.54, 1.807) is 0 Å². The third-order valence-corrected chi connectivity index (χ3v) is 4.57. The molecule has 0 unspecified atom stereocenters. The molecule has 4 nitrogen and oxygen atoms in total. The fraction of sp³-hybridized carbons (Fsp3) is 0.238. The fourth-order valence-corrected chi connectivity index (χ4v) is 2.77. The van der Waals surface area contributed by atoms with Gasteiger partial charge in [0.15, 0.2) is 0 Å². The third kappa shape index (κ3) is 3.63. The van der Waals surface area contributed by atoms with Crippen LogP contribution in [0.15, 0.2) is 54.6 Å². The topological polar surface area (TPSA) is 49.8 Å². The van der Waals surface area contributed by atoms with Crippen molar-refractivity contribution in [3.63, 3.8) is 0 Å². The van der Waals surface area contributed by atoms with E-state index in [0.29, 0.717) is 12.0 Å². The van der Waals surface area contributed by atoms with Crippen molar-refractivity contribution in [1.82, 2.24) is 9.97 Å². The smallest absolute Gasteiger partial charge is 0.225 e. The van der Waals surface area contributed by atoms with E-state index in [0.717, 1.165) is 22.8 Å². The molecular weight excluding hydrogens is 308 g/mol. The molecule has 3 aromatic rings. The number of rotatable bonds is 5. The molecule has 2 N–H and O–H groups in total. The minimum absolute atomic E-state index is 0.513. The van der Waals surface area contributed by atoms with Gasteiger partial charge in [0.05, 0.1) is 5.69 Å². The van der Waals surface area contributed by atoms with Crippen molar-refractivity contribution in [3.05, 3.63) is 65.7 Å². The lowest BCUT2D eigenvalue weighted by atomic mass is 10.1. The predicted octanol–water partition coefficient (Wildman–Crippen LogP) is 5.08. The Bertz CT molecular complexity index is 886. The van der Waals surface area contributed by atoms with Crippen LogP contribution < -0.4 is 10.6 Å². The van der Waals surface area contributed by atoms with Gasteiger partial charge in [-0.1, -0.05) is 42.5 Å². The van der Waals surface area contributed by atoms with E-state index in [1.165, 1.54) is 24.0 Å². The SMILES string of the molecule is Cc1cccc(Nc2cc(-c3ccccc3)nc(NC3CC3)n2)c1C. The summed E-state index contributed by atoms with van der Waals surface area (Å²) in [7, 11) is 0. The average molecular weight is 330 g/mol. The summed E-state index contributed by atoms with van der Waals surface area (Å²) in [6, 6.07) is 19.0. The highest BCUT2D eigenvalue weighted by Crippen LogP contribution is 2.28. The van der Waals surface area contributed by atoms with Gasteiger partial charge in [0.1, 0.15) is 5.82 Å². The molecule has 1 aliphatic carbocycles. The first kappa shape index (κ1) is 15.6. The molecule has 1 saturated carbocycles. The molecule has 1 aliphatic rings. The quantitative estimate of drug-likeness (QED) is 0.685. The highest BCUT2D eigenvalue weighted by Gasteiger charge is 2.22. The Hall–Kier alpha value is -2.88. The summed E-state index contributed by atoms with van der Waals surface area (Å²) >= 11 is 0. The molecule has 4 heteroatoms. The second-order valence-electron chi connectivity index (χ2n) is 6.62. The number of hydrogen-bond donors (Lipinski definition) is 2. The molecule has 0 bridgehead atoms. The maximum absolute atomic E-state index is 4.70. The van der Waals surface area contributed by atoms with Crippen molar-refractivity contribution >= 4 is 17.5 Å². The molecular formula is C21H22N4. The number of anilines is 3. The van der Waals surface area contributed by atoms with Crippen LogP contribution in [0.5, 0.6) is 0 Å². The van der Waals surface area contributed by atoms with Gasteiger partial charge < -0.3 is 10.6 Å². The van der Waals surface area contributed by atoms with Crippen molar-refractivity contribution in [1.29, 1.82) is 0 Å². The summed E-state index contributed by atoms with van der Waals surface area (Å²) in [4.78, 5) is 9.37. The first-order valence-corrected chi connectivity index (χ1v) is 8.73. The highest BCUT2D eigenvalue weighted by atomic mass is 15.2. The van der Waals surface area contributed by atoms with Crippen molar-refractivity contribution in [2.24, 2.45) is 0 Å². The zero-order valence-corrected chi connectivity index (χ0v) is 14.6. The standard InChI is InChI=1S/C21H22N4/c1-14-7-6-10-18(15(14)2)23-20-13-19(16-8-4-3-5-9-16)24-21(25-20)22-17-11-12-17/h3-10,13,17H,11-12H2,1-2H3,(H2,22,23,24,25). The molecule has 0 radical (unpaired) electrons. The van der Waals surface area contributed by atoms with Crippen LogP contribution in [-0.2, 0) is 0 Å². The first-order valence-electron chi connectivity index (χ1n) is 8.73. The molecule has 1 heterocycles. The summed E-state index contributed by atoms with van der Waals surface area (Å²) in [5, 5.41) is 6.88. The average Bonchev–Trinajstić information content (AvgIpc) is 3.43. The maximum atomic E-state index is 4.70. The van der Waals surface area contributed by atoms with Gasteiger partial charge in [-0.2, -0.15) is 4.98 Å². The minimum atomic E-state index is 0.513. The first-order chi connectivity index (χ1) is 12.2. The normalized spacial score (nSPS) is 13.5. The lowest BCUT2D eigenvalue weighted by molar-refractivity contribution is 1.06. The third-order valence-electron chi connectivity index (χ3n) is 4.57. The van der Waals surface area contributed by atoms with E-state index in [4.69, 9.17) is 4.98 Å². The Balaban J connectivity index is 1.71. The molecule has 1 aromatic heterocycles. The van der Waals surface area contributed by atoms with Crippen LogP contribution in [0.25, 0.3) is 11.3 Å². The van der Waals surface area contributed by atoms with Crippen LogP contribution in [0.1, 0.15) is 24.0 Å². The zero-order chi connectivity index (χ0) is 17.2. The summed E-state index contributed by atoms with van der Waals surface area (Å²) < 4.78 is 0. The second-order valence-corrected chi connectivity index (χ2v) is 6.62. The van der Waals surface area contributed by atoms with Crippen molar-refractivity contribution < 1.29 is 0 Å². The van der Waals surface area contributed by atoms with Gasteiger partial charge in [-0.15, -0.1) is 0 Å². The molecule has 0 aliphatic heterocycles. The molecule has 126 valence electrons. The second kappa shape index (κ2) is 6.55. The summed E-state index contributed by atoms with van der Waals surface area (Å²) in [5.74, 6) is 1.50. The van der Waals surface area contributed by atoms with Crippen LogP contribution in [0.4, 0.5) is 17.5 Å². The van der Waals surface area contributed by atoms with E-state index in [9.17, 15) is 0 Å². The molecule has 2 aromatic carbocycles. The van der Waals surface area contributed by atoms with E-state index in [-0.39, 0.29) is 0 Å². The number of nitrogens with zero attached hydrogens (tertiary/aromatic N) is 2. The fourth-order valence-electron chi connectivity index (χ4n) is 2.77. The largest absolute Gasteiger partial charge is 0.351 e. The van der Waals surface area contributed by atoms with Gasteiger partial charge in [-0.3, -0.25) is 0 Å². The monoisotopic (exact) mass is 330 g/mol. The summed E-state index contributed by atoms with van der Waals surface area (Å²) in [6.07, 6.45) is 2.39. The van der Waals surface area contributed by atoms with Gasteiger partial charge in [-0.05, 0) is 43.9 Å². The van der Waals surface area contributed by atoms with Gasteiger partial charge in [0, 0.05) is 23.4 Å². The number of benzene rings is 2. The van der Waals surface area contributed by atoms with E-state index >= 15 is 0 Å². The van der Waals surface area contributed by atoms with Crippen LogP contribution in [0.2, 0.25) is 0 Å². The minimum Gasteiger partial charge on any atom is -0.351 e. The van der Waals surface area contributed by atoms with Crippen LogP contribution in [0.3, 0.4) is 0 Å². The van der Waals surface area contributed by atoms with Crippen molar-refractivity contribution in [2.45, 2.75) is 32.7 Å². The van der Waals surface area contributed by atoms with E-state index < -0.39 is 0 Å². The van der Waals surface area contributed by atoms with Crippen molar-refractivity contribution in [3.8, 4) is 11.3 Å². The van der Waals surface area contributed by atoms with Gasteiger partial charge in [-0.25, -0.2) is 4.98 Å². The molecule has 0 spiro atoms. The predicted molar refractivity (Wildman–Crippen MR) is 103 cm³/mol. The Kier molecular flexibility index (Phi) is 4.10. The summed E-state index contributed by atoms with van der Waals surface area (Å²) in [6.45, 7) is 4.25. The Morgan fingerprint density at radius 1 is 0.920 bits per heavy atom. The van der Waals surface area contributed by atoms with Crippen LogP contribution in [-0.4, -0.2) is 16.0 Å². The van der Waals surface area contributed by atoms with Crippen LogP contribution >= 0.6 is 0 Å². The number of aromatic nitrogens is 2. The van der Waals surface area contributed by atoms with E-state index in [1.807, 2.05) is 24.3 Å². The molecule has 4 rings (SSSR count). The number of aryl methyl sites for hydroxylation is 1. The molecule has 0 atom stereocenters. The number of nitrogens with one attached hydrogen (secondary N) is 2. The van der Waals surface area contributed by atoms with Crippen LogP contribution in [0, 0.1) is 13.8 Å². The highest BCUT2D eigenvalue weighted by molar-refractivity contribution is 5.69. The van der Waals surface area contributed by atoms with Gasteiger partial charge in [0.25, 0.3) is 0 Å². The molecule has 0 amide bonds.